The predicted molar refractivity (Wildman–Crippen MR) is 109 cm³/mol. The average Bonchev–Trinajstić information content (AvgIpc) is 3.08. The summed E-state index contributed by atoms with van der Waals surface area (Å²) in [7, 11) is 2.80. The molecule has 30 heavy (non-hydrogen) atoms. The first kappa shape index (κ1) is 21.1. The third kappa shape index (κ3) is 4.20. The number of esters is 1. The minimum Gasteiger partial charge on any atom is -0.491 e. The van der Waals surface area contributed by atoms with E-state index in [1.54, 1.807) is 12.1 Å². The van der Waals surface area contributed by atoms with Crippen molar-refractivity contribution in [2.45, 2.75) is 6.92 Å². The zero-order chi connectivity index (χ0) is 21.8. The van der Waals surface area contributed by atoms with Gasteiger partial charge in [-0.05, 0) is 42.8 Å². The van der Waals surface area contributed by atoms with Crippen molar-refractivity contribution in [1.82, 2.24) is 0 Å². The van der Waals surface area contributed by atoms with Gasteiger partial charge in [-0.3, -0.25) is 10.1 Å². The van der Waals surface area contributed by atoms with Gasteiger partial charge in [-0.25, -0.2) is 9.79 Å². The number of hydrogen-bond acceptors (Lipinski definition) is 8. The molecule has 0 N–H and O–H groups in total. The molecule has 2 aromatic rings. The van der Waals surface area contributed by atoms with Crippen LogP contribution in [-0.4, -0.2) is 37.6 Å². The zero-order valence-electron chi connectivity index (χ0n) is 16.3. The van der Waals surface area contributed by atoms with Crippen LogP contribution >= 0.6 is 11.6 Å². The van der Waals surface area contributed by atoms with E-state index >= 15 is 0 Å². The van der Waals surface area contributed by atoms with Gasteiger partial charge < -0.3 is 18.9 Å². The molecule has 1 aliphatic rings. The number of carbonyl (C=O) groups excluding carboxylic acids is 1. The van der Waals surface area contributed by atoms with Crippen molar-refractivity contribution in [3.63, 3.8) is 0 Å². The number of nitrogens with zero attached hydrogens (tertiary/aromatic N) is 2. The third-order valence-electron chi connectivity index (χ3n) is 4.08. The molecule has 0 saturated heterocycles. The van der Waals surface area contributed by atoms with Crippen LogP contribution in [0.4, 0.5) is 5.69 Å². The van der Waals surface area contributed by atoms with E-state index in [0.29, 0.717) is 28.7 Å². The summed E-state index contributed by atoms with van der Waals surface area (Å²) < 4.78 is 20.9. The molecule has 10 heteroatoms. The second kappa shape index (κ2) is 8.83. The van der Waals surface area contributed by atoms with E-state index in [1.807, 2.05) is 6.92 Å². The van der Waals surface area contributed by atoms with Crippen molar-refractivity contribution in [2.24, 2.45) is 4.99 Å². The Bertz CT molecular complexity index is 1080. The number of methoxy groups -OCH3 is 2. The van der Waals surface area contributed by atoms with E-state index in [-0.39, 0.29) is 28.6 Å². The van der Waals surface area contributed by atoms with Crippen molar-refractivity contribution in [1.29, 1.82) is 0 Å². The lowest BCUT2D eigenvalue weighted by Gasteiger charge is -2.11. The van der Waals surface area contributed by atoms with Crippen LogP contribution < -0.4 is 14.2 Å². The number of nitro groups is 1. The van der Waals surface area contributed by atoms with Crippen LogP contribution in [0.1, 0.15) is 18.1 Å². The van der Waals surface area contributed by atoms with Crippen LogP contribution in [0.5, 0.6) is 17.2 Å². The van der Waals surface area contributed by atoms with Gasteiger partial charge in [0.25, 0.3) is 0 Å². The van der Waals surface area contributed by atoms with E-state index < -0.39 is 10.9 Å². The van der Waals surface area contributed by atoms with Crippen LogP contribution in [0.25, 0.3) is 6.08 Å². The molecule has 0 bridgehead atoms. The maximum atomic E-state index is 12.3. The fourth-order valence-electron chi connectivity index (χ4n) is 2.79. The predicted octanol–water partition coefficient (Wildman–Crippen LogP) is 4.01. The number of nitro benzene ring substituents is 1. The monoisotopic (exact) mass is 432 g/mol. The fourth-order valence-corrected chi connectivity index (χ4v) is 3.08. The van der Waals surface area contributed by atoms with Gasteiger partial charge in [0.15, 0.2) is 22.9 Å². The van der Waals surface area contributed by atoms with Crippen molar-refractivity contribution < 1.29 is 28.7 Å². The summed E-state index contributed by atoms with van der Waals surface area (Å²) in [4.78, 5) is 27.1. The van der Waals surface area contributed by atoms with Crippen LogP contribution in [-0.2, 0) is 9.53 Å². The highest BCUT2D eigenvalue weighted by Crippen LogP contribution is 2.37. The summed E-state index contributed by atoms with van der Waals surface area (Å²) in [6, 6.07) is 7.39. The first-order valence-corrected chi connectivity index (χ1v) is 9.11. The summed E-state index contributed by atoms with van der Waals surface area (Å²) in [6.45, 7) is 2.21. The van der Waals surface area contributed by atoms with E-state index in [9.17, 15) is 14.9 Å². The smallest absolute Gasteiger partial charge is 0.363 e. The lowest BCUT2D eigenvalue weighted by atomic mass is 10.1. The van der Waals surface area contributed by atoms with Crippen LogP contribution in [0, 0.1) is 10.1 Å². The number of ether oxygens (including phenoxy) is 4. The molecule has 1 aliphatic heterocycles. The van der Waals surface area contributed by atoms with Gasteiger partial charge in [0.1, 0.15) is 0 Å². The van der Waals surface area contributed by atoms with Gasteiger partial charge in [0, 0.05) is 11.6 Å². The van der Waals surface area contributed by atoms with Crippen molar-refractivity contribution in [3.8, 4) is 17.2 Å². The van der Waals surface area contributed by atoms with Gasteiger partial charge in [-0.2, -0.15) is 0 Å². The number of benzene rings is 2. The molecule has 9 nitrogen and oxygen atoms in total. The lowest BCUT2D eigenvalue weighted by Crippen LogP contribution is -2.06. The van der Waals surface area contributed by atoms with Gasteiger partial charge in [-0.15, -0.1) is 0 Å². The van der Waals surface area contributed by atoms with Crippen LogP contribution in [0.15, 0.2) is 41.0 Å². The van der Waals surface area contributed by atoms with Gasteiger partial charge in [0.2, 0.25) is 5.90 Å². The highest BCUT2D eigenvalue weighted by atomic mass is 35.5. The molecule has 0 aromatic heterocycles. The molecule has 0 amide bonds. The summed E-state index contributed by atoms with van der Waals surface area (Å²) in [6.07, 6.45) is 1.47. The molecular formula is C20H17ClN2O7. The average molecular weight is 433 g/mol. The molecule has 0 unspecified atom stereocenters. The second-order valence-corrected chi connectivity index (χ2v) is 6.35. The third-order valence-corrected chi connectivity index (χ3v) is 4.36. The molecule has 0 spiro atoms. The quantitative estimate of drug-likeness (QED) is 0.281. The number of cyclic esters (lactones) is 1. The zero-order valence-corrected chi connectivity index (χ0v) is 17.1. The lowest BCUT2D eigenvalue weighted by molar-refractivity contribution is -0.385. The van der Waals surface area contributed by atoms with Crippen LogP contribution in [0.3, 0.4) is 0 Å². The molecule has 156 valence electrons. The molecule has 2 aromatic carbocycles. The highest BCUT2D eigenvalue weighted by molar-refractivity contribution is 6.32. The number of rotatable bonds is 7. The fraction of sp³-hybridized carbons (Fsp3) is 0.200. The standard InChI is InChI=1S/C20H17ClN2O7/c1-4-29-17-9-11(7-13(21)18(17)28-3)8-14-20(24)30-19(22-14)12-5-6-16(27-2)15(10-12)23(25)26/h5-10H,4H2,1-3H3. The van der Waals surface area contributed by atoms with E-state index in [1.165, 1.54) is 38.5 Å². The summed E-state index contributed by atoms with van der Waals surface area (Å²) in [5.74, 6) is 0.126. The summed E-state index contributed by atoms with van der Waals surface area (Å²) >= 11 is 6.23. The Morgan fingerprint density at radius 3 is 2.60 bits per heavy atom. The molecule has 0 saturated carbocycles. The SMILES string of the molecule is CCOc1cc(C=C2N=C(c3ccc(OC)c([N+](=O)[O-])c3)OC2=O)cc(Cl)c1OC. The topological polar surface area (TPSA) is 109 Å². The largest absolute Gasteiger partial charge is 0.491 e. The van der Waals surface area contributed by atoms with E-state index in [4.69, 9.17) is 30.5 Å². The second-order valence-electron chi connectivity index (χ2n) is 5.95. The molecular weight excluding hydrogens is 416 g/mol. The number of hydrogen-bond donors (Lipinski definition) is 0. The van der Waals surface area contributed by atoms with Crippen molar-refractivity contribution in [2.75, 3.05) is 20.8 Å². The Morgan fingerprint density at radius 2 is 1.97 bits per heavy atom. The molecule has 0 aliphatic carbocycles. The highest BCUT2D eigenvalue weighted by Gasteiger charge is 2.27. The first-order chi connectivity index (χ1) is 14.4. The maximum absolute atomic E-state index is 12.3. The van der Waals surface area contributed by atoms with Gasteiger partial charge in [0.05, 0.1) is 30.8 Å². The minimum absolute atomic E-state index is 0.00662. The van der Waals surface area contributed by atoms with Crippen molar-refractivity contribution >= 4 is 35.2 Å². The van der Waals surface area contributed by atoms with Gasteiger partial charge in [-0.1, -0.05) is 11.6 Å². The Hall–Kier alpha value is -3.59. The van der Waals surface area contributed by atoms with Gasteiger partial charge >= 0.3 is 11.7 Å². The minimum atomic E-state index is -0.701. The van der Waals surface area contributed by atoms with E-state index in [2.05, 4.69) is 4.99 Å². The van der Waals surface area contributed by atoms with Crippen LogP contribution in [0.2, 0.25) is 5.02 Å². The van der Waals surface area contributed by atoms with Crippen molar-refractivity contribution in [3.05, 3.63) is 62.3 Å². The number of carbonyl (C=O) groups is 1. The maximum Gasteiger partial charge on any atom is 0.363 e. The normalized spacial score (nSPS) is 14.3. The summed E-state index contributed by atoms with van der Waals surface area (Å²) in [5, 5.41) is 11.5. The van der Waals surface area contributed by atoms with E-state index in [0.717, 1.165) is 0 Å². The molecule has 0 radical (unpaired) electrons. The Balaban J connectivity index is 1.99. The summed E-state index contributed by atoms with van der Waals surface area (Å²) in [5.41, 5.74) is 0.547. The molecule has 0 atom stereocenters. The molecule has 3 rings (SSSR count). The number of halogens is 1. The Labute approximate surface area is 176 Å². The Kier molecular flexibility index (Phi) is 6.22. The Morgan fingerprint density at radius 1 is 1.20 bits per heavy atom. The first-order valence-electron chi connectivity index (χ1n) is 8.73. The molecule has 0 fully saturated rings. The number of aliphatic imine (C=N–C) groups is 1. The molecule has 1 heterocycles.